The highest BCUT2D eigenvalue weighted by Crippen LogP contribution is 2.35. The summed E-state index contributed by atoms with van der Waals surface area (Å²) in [6.45, 7) is 3.27. The number of rotatable bonds is 0. The van der Waals surface area contributed by atoms with Crippen LogP contribution in [-0.2, 0) is 6.54 Å². The predicted molar refractivity (Wildman–Crippen MR) is 53.1 cm³/mol. The van der Waals surface area contributed by atoms with Crippen molar-refractivity contribution in [3.05, 3.63) is 42.1 Å². The molecule has 0 bridgehead atoms. The Morgan fingerprint density at radius 1 is 1.31 bits per heavy atom. The predicted octanol–water partition coefficient (Wildman–Crippen LogP) is 2.14. The molecule has 2 nitrogen and oxygen atoms in total. The Morgan fingerprint density at radius 3 is 3.08 bits per heavy atom. The van der Waals surface area contributed by atoms with E-state index >= 15 is 0 Å². The van der Waals surface area contributed by atoms with Gasteiger partial charge in [-0.05, 0) is 24.6 Å². The van der Waals surface area contributed by atoms with E-state index in [-0.39, 0.29) is 0 Å². The van der Waals surface area contributed by atoms with Crippen LogP contribution in [0.4, 0.5) is 5.69 Å². The summed E-state index contributed by atoms with van der Waals surface area (Å²) in [5.74, 6) is 0. The fourth-order valence-corrected chi connectivity index (χ4v) is 2.07. The zero-order valence-corrected chi connectivity index (χ0v) is 7.64. The van der Waals surface area contributed by atoms with Gasteiger partial charge in [0.15, 0.2) is 0 Å². The Balaban J connectivity index is 2.09. The molecule has 0 N–H and O–H groups in total. The molecule has 0 fully saturated rings. The Labute approximate surface area is 78.0 Å². The van der Waals surface area contributed by atoms with Crippen LogP contribution in [0, 0.1) is 0 Å². The van der Waals surface area contributed by atoms with Crippen molar-refractivity contribution in [2.45, 2.75) is 19.5 Å². The lowest BCUT2D eigenvalue weighted by molar-refractivity contribution is 0.273. The summed E-state index contributed by atoms with van der Waals surface area (Å²) >= 11 is 0. The summed E-state index contributed by atoms with van der Waals surface area (Å²) in [5, 5.41) is 4.62. The van der Waals surface area contributed by atoms with Crippen LogP contribution in [0.15, 0.2) is 36.5 Å². The van der Waals surface area contributed by atoms with Gasteiger partial charge in [0.05, 0.1) is 5.69 Å². The van der Waals surface area contributed by atoms with Crippen molar-refractivity contribution in [2.24, 2.45) is 0 Å². The standard InChI is InChI=1S/C11H12N2/c1-9-6-7-12-11-5-3-2-4-10(11)8-13(9)12/h2-7,9H,8H2,1H3. The minimum atomic E-state index is 0.535. The smallest absolute Gasteiger partial charge is 0.0619 e. The van der Waals surface area contributed by atoms with Gasteiger partial charge in [0, 0.05) is 18.8 Å². The van der Waals surface area contributed by atoms with E-state index in [2.05, 4.69) is 53.5 Å². The zero-order valence-electron chi connectivity index (χ0n) is 7.64. The van der Waals surface area contributed by atoms with Crippen molar-refractivity contribution < 1.29 is 0 Å². The molecule has 0 saturated carbocycles. The minimum absolute atomic E-state index is 0.535. The first kappa shape index (κ1) is 7.15. The van der Waals surface area contributed by atoms with Crippen LogP contribution in [0.1, 0.15) is 12.5 Å². The molecular formula is C11H12N2. The number of benzene rings is 1. The van der Waals surface area contributed by atoms with Crippen molar-refractivity contribution in [1.82, 2.24) is 5.01 Å². The van der Waals surface area contributed by atoms with E-state index in [1.807, 2.05) is 0 Å². The van der Waals surface area contributed by atoms with Gasteiger partial charge in [0.25, 0.3) is 0 Å². The summed E-state index contributed by atoms with van der Waals surface area (Å²) in [6.07, 6.45) is 4.40. The van der Waals surface area contributed by atoms with E-state index in [9.17, 15) is 0 Å². The van der Waals surface area contributed by atoms with Gasteiger partial charge in [0.2, 0.25) is 0 Å². The van der Waals surface area contributed by atoms with Crippen molar-refractivity contribution >= 4 is 5.69 Å². The van der Waals surface area contributed by atoms with Gasteiger partial charge in [-0.15, -0.1) is 0 Å². The number of fused-ring (bicyclic) bond motifs is 3. The molecule has 2 aliphatic heterocycles. The number of nitrogens with zero attached hydrogens (tertiary/aromatic N) is 2. The van der Waals surface area contributed by atoms with Gasteiger partial charge < -0.3 is 0 Å². The number of hydrazine groups is 1. The lowest BCUT2D eigenvalue weighted by atomic mass is 10.2. The summed E-state index contributed by atoms with van der Waals surface area (Å²) < 4.78 is 0. The lowest BCUT2D eigenvalue weighted by Crippen LogP contribution is -2.33. The summed E-state index contributed by atoms with van der Waals surface area (Å²) in [4.78, 5) is 0. The van der Waals surface area contributed by atoms with Gasteiger partial charge in [-0.25, -0.2) is 5.01 Å². The van der Waals surface area contributed by atoms with Gasteiger partial charge in [-0.3, -0.25) is 5.01 Å². The minimum Gasteiger partial charge on any atom is -0.281 e. The molecule has 66 valence electrons. The number of hydrogen-bond donors (Lipinski definition) is 0. The highest BCUT2D eigenvalue weighted by atomic mass is 15.7. The Hall–Kier alpha value is -1.28. The van der Waals surface area contributed by atoms with E-state index in [1.165, 1.54) is 11.3 Å². The molecule has 1 unspecified atom stereocenters. The van der Waals surface area contributed by atoms with Crippen LogP contribution in [0.3, 0.4) is 0 Å². The van der Waals surface area contributed by atoms with E-state index in [0.717, 1.165) is 6.54 Å². The number of hydrogen-bond acceptors (Lipinski definition) is 2. The number of para-hydroxylation sites is 1. The summed E-state index contributed by atoms with van der Waals surface area (Å²) in [7, 11) is 0. The highest BCUT2D eigenvalue weighted by Gasteiger charge is 2.31. The molecule has 0 spiro atoms. The second-order valence-electron chi connectivity index (χ2n) is 3.65. The third kappa shape index (κ3) is 0.864. The van der Waals surface area contributed by atoms with Gasteiger partial charge in [0.1, 0.15) is 0 Å². The maximum absolute atomic E-state index is 2.37. The van der Waals surface area contributed by atoms with E-state index in [4.69, 9.17) is 0 Å². The zero-order chi connectivity index (χ0) is 8.84. The van der Waals surface area contributed by atoms with Crippen LogP contribution in [0.5, 0.6) is 0 Å². The maximum atomic E-state index is 2.37. The molecule has 0 aliphatic carbocycles. The third-order valence-electron chi connectivity index (χ3n) is 2.82. The van der Waals surface area contributed by atoms with E-state index in [1.54, 1.807) is 0 Å². The molecule has 1 aromatic rings. The van der Waals surface area contributed by atoms with Crippen LogP contribution in [0.25, 0.3) is 0 Å². The SMILES string of the molecule is CC1C=CN2c3ccccc3CN12. The van der Waals surface area contributed by atoms with Crippen LogP contribution in [0.2, 0.25) is 0 Å². The second kappa shape index (κ2) is 2.36. The molecule has 1 atom stereocenters. The lowest BCUT2D eigenvalue weighted by Gasteiger charge is -2.24. The largest absolute Gasteiger partial charge is 0.281 e. The molecule has 1 aromatic carbocycles. The van der Waals surface area contributed by atoms with Crippen LogP contribution >= 0.6 is 0 Å². The van der Waals surface area contributed by atoms with E-state index < -0.39 is 0 Å². The normalized spacial score (nSPS) is 25.0. The van der Waals surface area contributed by atoms with Crippen molar-refractivity contribution in [3.8, 4) is 0 Å². The molecule has 0 aromatic heterocycles. The Morgan fingerprint density at radius 2 is 2.15 bits per heavy atom. The fourth-order valence-electron chi connectivity index (χ4n) is 2.07. The van der Waals surface area contributed by atoms with Gasteiger partial charge >= 0.3 is 0 Å². The average molecular weight is 172 g/mol. The highest BCUT2D eigenvalue weighted by molar-refractivity contribution is 5.59. The van der Waals surface area contributed by atoms with E-state index in [0.29, 0.717) is 6.04 Å². The molecule has 2 heteroatoms. The first-order valence-corrected chi connectivity index (χ1v) is 4.68. The quantitative estimate of drug-likeness (QED) is 0.591. The fraction of sp³-hybridized carbons (Fsp3) is 0.273. The van der Waals surface area contributed by atoms with Crippen LogP contribution in [-0.4, -0.2) is 11.1 Å². The van der Waals surface area contributed by atoms with Gasteiger partial charge in [-0.2, -0.15) is 0 Å². The molecule has 2 aliphatic rings. The molecule has 3 rings (SSSR count). The first-order chi connectivity index (χ1) is 6.36. The third-order valence-corrected chi connectivity index (χ3v) is 2.82. The molecule has 0 radical (unpaired) electrons. The molecule has 13 heavy (non-hydrogen) atoms. The molecule has 2 heterocycles. The van der Waals surface area contributed by atoms with Crippen LogP contribution < -0.4 is 5.01 Å². The Bertz CT molecular complexity index is 370. The topological polar surface area (TPSA) is 6.48 Å². The summed E-state index contributed by atoms with van der Waals surface area (Å²) in [5.41, 5.74) is 2.77. The van der Waals surface area contributed by atoms with Crippen molar-refractivity contribution in [1.29, 1.82) is 0 Å². The Kier molecular flexibility index (Phi) is 1.30. The number of anilines is 1. The summed E-state index contributed by atoms with van der Waals surface area (Å²) in [6, 6.07) is 9.12. The molecule has 0 saturated heterocycles. The monoisotopic (exact) mass is 172 g/mol. The van der Waals surface area contributed by atoms with Crippen molar-refractivity contribution in [3.63, 3.8) is 0 Å². The van der Waals surface area contributed by atoms with Gasteiger partial charge in [-0.1, -0.05) is 18.2 Å². The first-order valence-electron chi connectivity index (χ1n) is 4.68. The maximum Gasteiger partial charge on any atom is 0.0619 e. The molecule has 0 amide bonds. The second-order valence-corrected chi connectivity index (χ2v) is 3.65. The molecular weight excluding hydrogens is 160 g/mol. The van der Waals surface area contributed by atoms with Crippen molar-refractivity contribution in [2.75, 3.05) is 5.01 Å². The average Bonchev–Trinajstić information content (AvgIpc) is 2.67.